The third-order valence-electron chi connectivity index (χ3n) is 6.07. The second-order valence-corrected chi connectivity index (χ2v) is 9.57. The lowest BCUT2D eigenvalue weighted by molar-refractivity contribution is 0.185. The van der Waals surface area contributed by atoms with E-state index in [1.165, 1.54) is 0 Å². The monoisotopic (exact) mass is 433 g/mol. The number of piperidine rings is 1. The normalized spacial score (nSPS) is 15.3. The van der Waals surface area contributed by atoms with Gasteiger partial charge in [0.2, 0.25) is 0 Å². The Kier molecular flexibility index (Phi) is 5.11. The highest BCUT2D eigenvalue weighted by Crippen LogP contribution is 2.31. The summed E-state index contributed by atoms with van der Waals surface area (Å²) in [6.07, 6.45) is 3.89. The van der Waals surface area contributed by atoms with Crippen molar-refractivity contribution in [1.82, 2.24) is 29.7 Å². The number of anilines is 2. The minimum absolute atomic E-state index is 0.646. The maximum absolute atomic E-state index is 4.54. The van der Waals surface area contributed by atoms with Gasteiger partial charge in [-0.1, -0.05) is 6.58 Å². The predicted octanol–water partition coefficient (Wildman–Crippen LogP) is 4.62. The topological polar surface area (TPSA) is 73.0 Å². The van der Waals surface area contributed by atoms with Crippen LogP contribution in [0, 0.1) is 6.92 Å². The quantitative estimate of drug-likeness (QED) is 0.479. The molecule has 160 valence electrons. The Balaban J connectivity index is 1.39. The van der Waals surface area contributed by atoms with Crippen LogP contribution in [0.3, 0.4) is 0 Å². The van der Waals surface area contributed by atoms with Gasteiger partial charge in [0.15, 0.2) is 0 Å². The number of nitrogens with one attached hydrogen (secondary N) is 2. The summed E-state index contributed by atoms with van der Waals surface area (Å²) in [6, 6.07) is 8.95. The van der Waals surface area contributed by atoms with Gasteiger partial charge < -0.3 is 20.1 Å². The largest absolute Gasteiger partial charge is 0.370 e. The molecule has 7 nitrogen and oxygen atoms in total. The zero-order valence-electron chi connectivity index (χ0n) is 18.1. The van der Waals surface area contributed by atoms with Gasteiger partial charge in [0.25, 0.3) is 0 Å². The summed E-state index contributed by atoms with van der Waals surface area (Å²) in [5.41, 5.74) is 4.84. The highest BCUT2D eigenvalue weighted by Gasteiger charge is 2.23. The highest BCUT2D eigenvalue weighted by molar-refractivity contribution is 7.18. The molecule has 4 aromatic rings. The van der Waals surface area contributed by atoms with E-state index in [4.69, 9.17) is 0 Å². The molecule has 0 saturated carbocycles. The number of thiazole rings is 1. The SMILES string of the molecule is C=C(c1cc2c(Nc3ccc4nc(C)sc4c3)ncnc2[nH]1)N1CCC(N(C)C)CC1. The first-order chi connectivity index (χ1) is 15.0. The lowest BCUT2D eigenvalue weighted by atomic mass is 10.0. The molecule has 0 atom stereocenters. The number of rotatable bonds is 5. The van der Waals surface area contributed by atoms with Crippen molar-refractivity contribution in [1.29, 1.82) is 0 Å². The van der Waals surface area contributed by atoms with E-state index in [0.717, 1.165) is 75.1 Å². The number of benzene rings is 1. The Morgan fingerprint density at radius 1 is 1.23 bits per heavy atom. The fraction of sp³-hybridized carbons (Fsp3) is 0.348. The number of fused-ring (bicyclic) bond motifs is 2. The minimum Gasteiger partial charge on any atom is -0.370 e. The zero-order chi connectivity index (χ0) is 21.5. The van der Waals surface area contributed by atoms with E-state index in [-0.39, 0.29) is 0 Å². The maximum atomic E-state index is 4.54. The summed E-state index contributed by atoms with van der Waals surface area (Å²) in [5, 5.41) is 5.49. The van der Waals surface area contributed by atoms with Crippen molar-refractivity contribution in [2.75, 3.05) is 32.5 Å². The van der Waals surface area contributed by atoms with Crippen molar-refractivity contribution in [2.45, 2.75) is 25.8 Å². The fourth-order valence-electron chi connectivity index (χ4n) is 4.27. The van der Waals surface area contributed by atoms with Gasteiger partial charge in [0.05, 0.1) is 32.0 Å². The number of aromatic amines is 1. The summed E-state index contributed by atoms with van der Waals surface area (Å²) in [7, 11) is 4.32. The van der Waals surface area contributed by atoms with E-state index < -0.39 is 0 Å². The Labute approximate surface area is 185 Å². The average molecular weight is 434 g/mol. The smallest absolute Gasteiger partial charge is 0.143 e. The van der Waals surface area contributed by atoms with E-state index in [9.17, 15) is 0 Å². The molecule has 0 bridgehead atoms. The molecule has 4 heterocycles. The molecule has 31 heavy (non-hydrogen) atoms. The molecule has 1 saturated heterocycles. The first-order valence-corrected chi connectivity index (χ1v) is 11.4. The molecular weight excluding hydrogens is 406 g/mol. The summed E-state index contributed by atoms with van der Waals surface area (Å²) >= 11 is 1.70. The number of aromatic nitrogens is 4. The van der Waals surface area contributed by atoms with E-state index in [1.54, 1.807) is 17.7 Å². The number of hydrogen-bond donors (Lipinski definition) is 2. The highest BCUT2D eigenvalue weighted by atomic mass is 32.1. The number of H-pyrrole nitrogens is 1. The van der Waals surface area contributed by atoms with E-state index in [2.05, 4.69) is 67.9 Å². The van der Waals surface area contributed by atoms with Gasteiger partial charge in [0.1, 0.15) is 17.8 Å². The first-order valence-electron chi connectivity index (χ1n) is 10.6. The molecule has 0 unspecified atom stereocenters. The number of likely N-dealkylation sites (tertiary alicyclic amines) is 1. The Morgan fingerprint density at radius 3 is 2.81 bits per heavy atom. The van der Waals surface area contributed by atoms with Crippen LogP contribution in [-0.2, 0) is 0 Å². The second-order valence-electron chi connectivity index (χ2n) is 8.34. The lowest BCUT2D eigenvalue weighted by Gasteiger charge is -2.37. The summed E-state index contributed by atoms with van der Waals surface area (Å²) in [6.45, 7) is 8.43. The van der Waals surface area contributed by atoms with Crippen molar-refractivity contribution >= 4 is 49.8 Å². The molecule has 0 radical (unpaired) electrons. The van der Waals surface area contributed by atoms with Crippen LogP contribution >= 0.6 is 11.3 Å². The second kappa shape index (κ2) is 7.94. The Hall–Kier alpha value is -2.97. The minimum atomic E-state index is 0.646. The van der Waals surface area contributed by atoms with Crippen LogP contribution in [0.2, 0.25) is 0 Å². The fourth-order valence-corrected chi connectivity index (χ4v) is 5.14. The van der Waals surface area contributed by atoms with Gasteiger partial charge in [-0.15, -0.1) is 11.3 Å². The van der Waals surface area contributed by atoms with Crippen LogP contribution in [0.1, 0.15) is 23.5 Å². The standard InChI is InChI=1S/C23H27N7S/c1-14(30-9-7-17(8-10-30)29(3)4)20-12-18-22(24-13-25-23(18)28-20)27-16-5-6-19-21(11-16)31-15(2)26-19/h5-6,11-13,17H,1,7-10H2,2-4H3,(H2,24,25,27,28). The van der Waals surface area contributed by atoms with Crippen LogP contribution < -0.4 is 5.32 Å². The molecule has 2 N–H and O–H groups in total. The van der Waals surface area contributed by atoms with Crippen molar-refractivity contribution < 1.29 is 0 Å². The zero-order valence-corrected chi connectivity index (χ0v) is 19.0. The van der Waals surface area contributed by atoms with Crippen molar-refractivity contribution in [3.63, 3.8) is 0 Å². The number of hydrogen-bond acceptors (Lipinski definition) is 7. The van der Waals surface area contributed by atoms with Gasteiger partial charge in [-0.2, -0.15) is 0 Å². The van der Waals surface area contributed by atoms with Crippen molar-refractivity contribution in [3.8, 4) is 0 Å². The molecule has 0 aliphatic carbocycles. The van der Waals surface area contributed by atoms with Gasteiger partial charge >= 0.3 is 0 Å². The molecule has 1 fully saturated rings. The Morgan fingerprint density at radius 2 is 2.03 bits per heavy atom. The van der Waals surface area contributed by atoms with Crippen LogP contribution in [0.25, 0.3) is 26.9 Å². The summed E-state index contributed by atoms with van der Waals surface area (Å²) in [4.78, 5) is 21.6. The van der Waals surface area contributed by atoms with Crippen LogP contribution in [0.5, 0.6) is 0 Å². The molecule has 0 amide bonds. The first kappa shape index (κ1) is 20.0. The summed E-state index contributed by atoms with van der Waals surface area (Å²) in [5.74, 6) is 0.784. The third kappa shape index (κ3) is 3.88. The molecule has 0 spiro atoms. The predicted molar refractivity (Wildman–Crippen MR) is 129 cm³/mol. The summed E-state index contributed by atoms with van der Waals surface area (Å²) < 4.78 is 1.16. The van der Waals surface area contributed by atoms with Crippen LogP contribution in [0.15, 0.2) is 37.2 Å². The van der Waals surface area contributed by atoms with Crippen LogP contribution in [0.4, 0.5) is 11.5 Å². The molecule has 1 aliphatic rings. The Bertz CT molecular complexity index is 1250. The van der Waals surface area contributed by atoms with Gasteiger partial charge in [-0.25, -0.2) is 15.0 Å². The van der Waals surface area contributed by atoms with Crippen LogP contribution in [-0.4, -0.2) is 63.0 Å². The molecule has 1 aromatic carbocycles. The molecular formula is C23H27N7S. The molecule has 3 aromatic heterocycles. The molecule has 1 aliphatic heterocycles. The van der Waals surface area contributed by atoms with E-state index in [0.29, 0.717) is 6.04 Å². The molecule has 8 heteroatoms. The number of nitrogens with zero attached hydrogens (tertiary/aromatic N) is 5. The van der Waals surface area contributed by atoms with Gasteiger partial charge in [-0.05, 0) is 58.1 Å². The van der Waals surface area contributed by atoms with E-state index >= 15 is 0 Å². The third-order valence-corrected chi connectivity index (χ3v) is 7.00. The molecule has 5 rings (SSSR count). The maximum Gasteiger partial charge on any atom is 0.143 e. The van der Waals surface area contributed by atoms with Crippen molar-refractivity contribution in [3.05, 3.63) is 47.9 Å². The average Bonchev–Trinajstić information content (AvgIpc) is 3.36. The van der Waals surface area contributed by atoms with Gasteiger partial charge in [-0.3, -0.25) is 0 Å². The van der Waals surface area contributed by atoms with Crippen molar-refractivity contribution in [2.24, 2.45) is 0 Å². The number of aryl methyl sites for hydroxylation is 1. The van der Waals surface area contributed by atoms with Gasteiger partial charge in [0, 0.05) is 24.8 Å². The lowest BCUT2D eigenvalue weighted by Crippen LogP contribution is -2.40. The van der Waals surface area contributed by atoms with E-state index in [1.807, 2.05) is 19.1 Å².